The largest absolute Gasteiger partial charge is 0.497 e. The van der Waals surface area contributed by atoms with E-state index in [0.717, 1.165) is 17.1 Å². The molecule has 1 aliphatic rings. The van der Waals surface area contributed by atoms with Crippen LogP contribution in [0.1, 0.15) is 39.5 Å². The molecule has 1 aliphatic carbocycles. The van der Waals surface area contributed by atoms with Crippen molar-refractivity contribution in [3.63, 3.8) is 0 Å². The van der Waals surface area contributed by atoms with Crippen molar-refractivity contribution < 1.29 is 9.53 Å². The van der Waals surface area contributed by atoms with Crippen LogP contribution in [0.15, 0.2) is 29.2 Å². The zero-order chi connectivity index (χ0) is 15.2. The molecule has 1 aromatic rings. The van der Waals surface area contributed by atoms with Crippen LogP contribution in [0.5, 0.6) is 5.75 Å². The van der Waals surface area contributed by atoms with E-state index in [1.807, 2.05) is 31.2 Å². The summed E-state index contributed by atoms with van der Waals surface area (Å²) in [5.74, 6) is 1.59. The van der Waals surface area contributed by atoms with Gasteiger partial charge in [-0.15, -0.1) is 11.8 Å². The molecule has 0 spiro atoms. The Morgan fingerprint density at radius 3 is 2.57 bits per heavy atom. The molecule has 0 bridgehead atoms. The molecule has 1 fully saturated rings. The monoisotopic (exact) mass is 307 g/mol. The molecule has 3 nitrogen and oxygen atoms in total. The lowest BCUT2D eigenvalue weighted by molar-refractivity contribution is -0.121. The van der Waals surface area contributed by atoms with Crippen LogP contribution in [-0.4, -0.2) is 24.3 Å². The predicted octanol–water partition coefficient (Wildman–Crippen LogP) is 3.87. The zero-order valence-electron chi connectivity index (χ0n) is 13.1. The molecule has 1 saturated carbocycles. The Kier molecular flexibility index (Phi) is 5.97. The van der Waals surface area contributed by atoms with Crippen LogP contribution < -0.4 is 10.1 Å². The first-order chi connectivity index (χ1) is 10.1. The third-order valence-electron chi connectivity index (χ3n) is 4.18. The first kappa shape index (κ1) is 16.2. The number of benzene rings is 1. The van der Waals surface area contributed by atoms with Crippen LogP contribution in [0.4, 0.5) is 0 Å². The lowest BCUT2D eigenvalue weighted by Gasteiger charge is -2.30. The highest BCUT2D eigenvalue weighted by atomic mass is 32.2. The fourth-order valence-electron chi connectivity index (χ4n) is 2.74. The molecule has 4 heteroatoms. The van der Waals surface area contributed by atoms with E-state index in [1.54, 1.807) is 18.9 Å². The number of hydrogen-bond acceptors (Lipinski definition) is 3. The van der Waals surface area contributed by atoms with E-state index in [-0.39, 0.29) is 11.2 Å². The third kappa shape index (κ3) is 4.67. The molecule has 0 saturated heterocycles. The molecule has 0 aromatic heterocycles. The molecular weight excluding hydrogens is 282 g/mol. The van der Waals surface area contributed by atoms with Gasteiger partial charge in [0, 0.05) is 10.9 Å². The summed E-state index contributed by atoms with van der Waals surface area (Å²) >= 11 is 1.59. The van der Waals surface area contributed by atoms with Crippen molar-refractivity contribution in [2.75, 3.05) is 7.11 Å². The van der Waals surface area contributed by atoms with Gasteiger partial charge in [0.05, 0.1) is 12.4 Å². The topological polar surface area (TPSA) is 38.3 Å². The quantitative estimate of drug-likeness (QED) is 0.839. The first-order valence-electron chi connectivity index (χ1n) is 7.71. The SMILES string of the molecule is COc1ccc(S[C@H](C)C(=O)N[C@@H]2CCCC[C@@H]2C)cc1. The molecule has 0 heterocycles. The normalized spacial score (nSPS) is 23.4. The van der Waals surface area contributed by atoms with Gasteiger partial charge in [-0.05, 0) is 49.9 Å². The van der Waals surface area contributed by atoms with Crippen LogP contribution in [0.3, 0.4) is 0 Å². The van der Waals surface area contributed by atoms with Crippen molar-refractivity contribution in [3.8, 4) is 5.75 Å². The molecule has 21 heavy (non-hydrogen) atoms. The highest BCUT2D eigenvalue weighted by Crippen LogP contribution is 2.27. The van der Waals surface area contributed by atoms with E-state index in [4.69, 9.17) is 4.74 Å². The van der Waals surface area contributed by atoms with Gasteiger partial charge < -0.3 is 10.1 Å². The number of carbonyl (C=O) groups excluding carboxylic acids is 1. The van der Waals surface area contributed by atoms with Crippen molar-refractivity contribution in [1.29, 1.82) is 0 Å². The number of rotatable bonds is 5. The maximum absolute atomic E-state index is 12.3. The number of ether oxygens (including phenoxy) is 1. The number of carbonyl (C=O) groups is 1. The Morgan fingerprint density at radius 1 is 1.29 bits per heavy atom. The molecule has 2 rings (SSSR count). The number of nitrogens with one attached hydrogen (secondary N) is 1. The van der Waals surface area contributed by atoms with E-state index in [2.05, 4.69) is 12.2 Å². The Bertz CT molecular complexity index is 460. The first-order valence-corrected chi connectivity index (χ1v) is 8.59. The zero-order valence-corrected chi connectivity index (χ0v) is 13.9. The van der Waals surface area contributed by atoms with E-state index in [0.29, 0.717) is 12.0 Å². The average Bonchev–Trinajstić information content (AvgIpc) is 2.50. The second-order valence-electron chi connectivity index (χ2n) is 5.81. The maximum Gasteiger partial charge on any atom is 0.233 e. The molecule has 0 unspecified atom stereocenters. The van der Waals surface area contributed by atoms with Gasteiger partial charge in [-0.3, -0.25) is 4.79 Å². The number of hydrogen-bond donors (Lipinski definition) is 1. The summed E-state index contributed by atoms with van der Waals surface area (Å²) in [5.41, 5.74) is 0. The number of methoxy groups -OCH3 is 1. The van der Waals surface area contributed by atoms with Crippen molar-refractivity contribution in [3.05, 3.63) is 24.3 Å². The van der Waals surface area contributed by atoms with Crippen molar-refractivity contribution in [2.45, 2.75) is 55.7 Å². The fraction of sp³-hybridized carbons (Fsp3) is 0.588. The predicted molar refractivity (Wildman–Crippen MR) is 87.9 cm³/mol. The van der Waals surface area contributed by atoms with Crippen LogP contribution in [0.25, 0.3) is 0 Å². The summed E-state index contributed by atoms with van der Waals surface area (Å²) in [7, 11) is 1.66. The Labute approximate surface area is 131 Å². The minimum Gasteiger partial charge on any atom is -0.497 e. The summed E-state index contributed by atoms with van der Waals surface area (Å²) in [4.78, 5) is 13.4. The maximum atomic E-state index is 12.3. The number of amides is 1. The van der Waals surface area contributed by atoms with Gasteiger partial charge in [-0.25, -0.2) is 0 Å². The molecule has 116 valence electrons. The van der Waals surface area contributed by atoms with E-state index in [9.17, 15) is 4.79 Å². The minimum atomic E-state index is -0.0764. The summed E-state index contributed by atoms with van der Waals surface area (Å²) in [6.45, 7) is 4.21. The molecular formula is C17H25NO2S. The Balaban J connectivity index is 1.86. The lowest BCUT2D eigenvalue weighted by Crippen LogP contribution is -2.44. The van der Waals surface area contributed by atoms with E-state index >= 15 is 0 Å². The van der Waals surface area contributed by atoms with Gasteiger partial charge in [0.2, 0.25) is 5.91 Å². The Morgan fingerprint density at radius 2 is 1.95 bits per heavy atom. The summed E-state index contributed by atoms with van der Waals surface area (Å²) < 4.78 is 5.15. The Hall–Kier alpha value is -1.16. The molecule has 0 aliphatic heterocycles. The van der Waals surface area contributed by atoms with E-state index in [1.165, 1.54) is 19.3 Å². The lowest BCUT2D eigenvalue weighted by atomic mass is 9.86. The van der Waals surface area contributed by atoms with Crippen molar-refractivity contribution >= 4 is 17.7 Å². The van der Waals surface area contributed by atoms with Gasteiger partial charge in [0.25, 0.3) is 0 Å². The molecule has 1 aromatic carbocycles. The summed E-state index contributed by atoms with van der Waals surface area (Å²) in [6, 6.07) is 8.20. The van der Waals surface area contributed by atoms with Gasteiger partial charge in [-0.1, -0.05) is 19.8 Å². The minimum absolute atomic E-state index is 0.0764. The summed E-state index contributed by atoms with van der Waals surface area (Å²) in [5, 5.41) is 3.15. The van der Waals surface area contributed by atoms with Gasteiger partial charge in [0.1, 0.15) is 5.75 Å². The number of thioether (sulfide) groups is 1. The van der Waals surface area contributed by atoms with Gasteiger partial charge >= 0.3 is 0 Å². The van der Waals surface area contributed by atoms with Crippen molar-refractivity contribution in [2.24, 2.45) is 5.92 Å². The van der Waals surface area contributed by atoms with Gasteiger partial charge in [-0.2, -0.15) is 0 Å². The highest BCUT2D eigenvalue weighted by Gasteiger charge is 2.25. The molecule has 1 amide bonds. The second-order valence-corrected chi connectivity index (χ2v) is 7.23. The second kappa shape index (κ2) is 7.74. The van der Waals surface area contributed by atoms with Crippen molar-refractivity contribution in [1.82, 2.24) is 5.32 Å². The van der Waals surface area contributed by atoms with Crippen LogP contribution in [-0.2, 0) is 4.79 Å². The highest BCUT2D eigenvalue weighted by molar-refractivity contribution is 8.00. The fourth-order valence-corrected chi connectivity index (χ4v) is 3.62. The summed E-state index contributed by atoms with van der Waals surface area (Å²) in [6.07, 6.45) is 4.87. The van der Waals surface area contributed by atoms with E-state index < -0.39 is 0 Å². The van der Waals surface area contributed by atoms with Crippen LogP contribution in [0, 0.1) is 5.92 Å². The van der Waals surface area contributed by atoms with Gasteiger partial charge in [0.15, 0.2) is 0 Å². The smallest absolute Gasteiger partial charge is 0.233 e. The standard InChI is InChI=1S/C17H25NO2S/c1-12-6-4-5-7-16(12)18-17(19)13(2)21-15-10-8-14(20-3)9-11-15/h8-13,16H,4-7H2,1-3H3,(H,18,19)/t12-,13+,16+/m0/s1. The third-order valence-corrected chi connectivity index (χ3v) is 5.29. The van der Waals surface area contributed by atoms with Crippen LogP contribution in [0.2, 0.25) is 0 Å². The van der Waals surface area contributed by atoms with Crippen LogP contribution >= 0.6 is 11.8 Å². The molecule has 0 radical (unpaired) electrons. The molecule has 1 N–H and O–H groups in total. The average molecular weight is 307 g/mol. The molecule has 3 atom stereocenters.